The third-order valence-corrected chi connectivity index (χ3v) is 2.58. The van der Waals surface area contributed by atoms with E-state index in [0.29, 0.717) is 0 Å². The number of isocyanates is 2. The van der Waals surface area contributed by atoms with Gasteiger partial charge in [-0.05, 0) is 6.92 Å². The SMILES string of the molecule is COC(OC)(OC)C(N=C=O)(OC)C(C)N=C=O. The van der Waals surface area contributed by atoms with E-state index in [4.69, 9.17) is 18.9 Å². The van der Waals surface area contributed by atoms with E-state index in [2.05, 4.69) is 9.98 Å². The number of methoxy groups -OCH3 is 4. The molecule has 0 bridgehead atoms. The highest BCUT2D eigenvalue weighted by atomic mass is 16.9. The van der Waals surface area contributed by atoms with E-state index in [1.165, 1.54) is 47.5 Å². The first-order valence-electron chi connectivity index (χ1n) is 4.90. The van der Waals surface area contributed by atoms with E-state index < -0.39 is 17.7 Å². The van der Waals surface area contributed by atoms with Gasteiger partial charge in [0.15, 0.2) is 0 Å². The van der Waals surface area contributed by atoms with Crippen LogP contribution in [0.5, 0.6) is 0 Å². The molecule has 0 aliphatic carbocycles. The molecule has 2 atom stereocenters. The zero-order valence-electron chi connectivity index (χ0n) is 10.9. The largest absolute Gasteiger partial charge is 0.348 e. The molecule has 0 aliphatic rings. The summed E-state index contributed by atoms with van der Waals surface area (Å²) in [6.07, 6.45) is 2.68. The van der Waals surface area contributed by atoms with Crippen LogP contribution in [-0.4, -0.2) is 58.3 Å². The molecule has 0 saturated carbocycles. The van der Waals surface area contributed by atoms with Crippen LogP contribution in [0.3, 0.4) is 0 Å². The second kappa shape index (κ2) is 7.13. The molecule has 0 N–H and O–H groups in total. The minimum Gasteiger partial charge on any atom is -0.348 e. The van der Waals surface area contributed by atoms with Gasteiger partial charge in [-0.15, -0.1) is 0 Å². The topological polar surface area (TPSA) is 95.8 Å². The second-order valence-corrected chi connectivity index (χ2v) is 3.17. The molecule has 0 saturated heterocycles. The van der Waals surface area contributed by atoms with E-state index in [1.807, 2.05) is 0 Å². The average Bonchev–Trinajstić information content (AvgIpc) is 2.40. The van der Waals surface area contributed by atoms with Crippen molar-refractivity contribution in [1.29, 1.82) is 0 Å². The maximum absolute atomic E-state index is 10.6. The minimum atomic E-state index is -1.86. The first-order chi connectivity index (χ1) is 8.53. The van der Waals surface area contributed by atoms with Crippen LogP contribution in [0.2, 0.25) is 0 Å². The van der Waals surface area contributed by atoms with Gasteiger partial charge in [0.25, 0.3) is 5.72 Å². The number of aliphatic imine (C=N–C) groups is 2. The van der Waals surface area contributed by atoms with Crippen LogP contribution >= 0.6 is 0 Å². The van der Waals surface area contributed by atoms with Crippen LogP contribution in [0.1, 0.15) is 6.92 Å². The second-order valence-electron chi connectivity index (χ2n) is 3.17. The Hall–Kier alpha value is -1.40. The van der Waals surface area contributed by atoms with E-state index in [1.54, 1.807) is 0 Å². The molecule has 18 heavy (non-hydrogen) atoms. The molecule has 0 radical (unpaired) electrons. The van der Waals surface area contributed by atoms with Gasteiger partial charge < -0.3 is 18.9 Å². The Labute approximate surface area is 105 Å². The zero-order valence-corrected chi connectivity index (χ0v) is 10.9. The molecular weight excluding hydrogens is 244 g/mol. The van der Waals surface area contributed by atoms with Crippen molar-refractivity contribution >= 4 is 12.2 Å². The number of carbonyl (C=O) groups excluding carboxylic acids is 2. The van der Waals surface area contributed by atoms with Crippen LogP contribution < -0.4 is 0 Å². The van der Waals surface area contributed by atoms with E-state index >= 15 is 0 Å². The van der Waals surface area contributed by atoms with E-state index in [9.17, 15) is 9.59 Å². The lowest BCUT2D eigenvalue weighted by molar-refractivity contribution is -0.424. The Morgan fingerprint density at radius 1 is 0.944 bits per heavy atom. The quantitative estimate of drug-likeness (QED) is 0.346. The van der Waals surface area contributed by atoms with Gasteiger partial charge in [-0.2, -0.15) is 9.98 Å². The monoisotopic (exact) mass is 260 g/mol. The molecule has 0 aromatic carbocycles. The summed E-state index contributed by atoms with van der Waals surface area (Å²) in [5, 5.41) is 0. The fourth-order valence-electron chi connectivity index (χ4n) is 1.68. The molecule has 0 aromatic heterocycles. The maximum atomic E-state index is 10.6. The molecule has 8 nitrogen and oxygen atoms in total. The molecule has 0 fully saturated rings. The minimum absolute atomic E-state index is 0.957. The molecule has 0 aromatic rings. The van der Waals surface area contributed by atoms with Gasteiger partial charge in [-0.3, -0.25) is 0 Å². The highest BCUT2D eigenvalue weighted by molar-refractivity contribution is 5.37. The van der Waals surface area contributed by atoms with Crippen LogP contribution in [0, 0.1) is 0 Å². The number of ether oxygens (including phenoxy) is 4. The Morgan fingerprint density at radius 2 is 1.44 bits per heavy atom. The van der Waals surface area contributed by atoms with Gasteiger partial charge in [-0.25, -0.2) is 9.59 Å². The van der Waals surface area contributed by atoms with Gasteiger partial charge in [0.05, 0.1) is 0 Å². The molecule has 0 heterocycles. The summed E-state index contributed by atoms with van der Waals surface area (Å²) in [7, 11) is 5.03. The van der Waals surface area contributed by atoms with Crippen molar-refractivity contribution in [3.63, 3.8) is 0 Å². The number of rotatable bonds is 8. The molecule has 0 spiro atoms. The van der Waals surface area contributed by atoms with Crippen molar-refractivity contribution in [3.8, 4) is 0 Å². The van der Waals surface area contributed by atoms with Crippen molar-refractivity contribution in [3.05, 3.63) is 0 Å². The number of nitrogens with zero attached hydrogens (tertiary/aromatic N) is 2. The molecule has 8 heteroatoms. The van der Waals surface area contributed by atoms with Crippen molar-refractivity contribution in [1.82, 2.24) is 0 Å². The lowest BCUT2D eigenvalue weighted by atomic mass is 10.0. The maximum Gasteiger partial charge on any atom is 0.338 e. The Morgan fingerprint density at radius 3 is 1.72 bits per heavy atom. The summed E-state index contributed by atoms with van der Waals surface area (Å²) >= 11 is 0. The summed E-state index contributed by atoms with van der Waals surface area (Å²) in [6.45, 7) is 1.46. The molecule has 102 valence electrons. The third kappa shape index (κ3) is 2.54. The van der Waals surface area contributed by atoms with Gasteiger partial charge in [0.1, 0.15) is 6.04 Å². The highest BCUT2D eigenvalue weighted by Gasteiger charge is 2.60. The molecular formula is C10H16N2O6. The van der Waals surface area contributed by atoms with Gasteiger partial charge in [0.2, 0.25) is 12.2 Å². The number of hydrogen-bond donors (Lipinski definition) is 0. The van der Waals surface area contributed by atoms with Crippen LogP contribution in [0.15, 0.2) is 9.98 Å². The fraction of sp³-hybridized carbons (Fsp3) is 0.800. The van der Waals surface area contributed by atoms with Gasteiger partial charge >= 0.3 is 5.97 Å². The van der Waals surface area contributed by atoms with Crippen molar-refractivity contribution in [2.45, 2.75) is 24.7 Å². The molecule has 0 rings (SSSR count). The highest BCUT2D eigenvalue weighted by Crippen LogP contribution is 2.36. The summed E-state index contributed by atoms with van der Waals surface area (Å²) in [5.41, 5.74) is -1.83. The first-order valence-corrected chi connectivity index (χ1v) is 4.90. The first kappa shape index (κ1) is 16.6. The number of hydrogen-bond acceptors (Lipinski definition) is 8. The van der Waals surface area contributed by atoms with Crippen LogP contribution in [-0.2, 0) is 28.5 Å². The van der Waals surface area contributed by atoms with E-state index in [-0.39, 0.29) is 0 Å². The fourth-order valence-corrected chi connectivity index (χ4v) is 1.68. The predicted octanol–water partition coefficient (Wildman–Crippen LogP) is -0.0178. The summed E-state index contributed by atoms with van der Waals surface area (Å²) in [4.78, 5) is 27.9. The lowest BCUT2D eigenvalue weighted by Gasteiger charge is -2.42. The average molecular weight is 260 g/mol. The standard InChI is InChI=1S/C10H16N2O6/c1-8(11-6-13)9(15-2,12-7-14)10(16-3,17-4)18-5/h8H,1-5H3. The van der Waals surface area contributed by atoms with Crippen molar-refractivity contribution in [2.24, 2.45) is 9.98 Å². The Bertz CT molecular complexity index is 349. The smallest absolute Gasteiger partial charge is 0.338 e. The molecule has 0 aliphatic heterocycles. The van der Waals surface area contributed by atoms with Crippen molar-refractivity contribution < 1.29 is 28.5 Å². The van der Waals surface area contributed by atoms with Gasteiger partial charge in [0, 0.05) is 28.4 Å². The van der Waals surface area contributed by atoms with Gasteiger partial charge in [-0.1, -0.05) is 0 Å². The van der Waals surface area contributed by atoms with Crippen molar-refractivity contribution in [2.75, 3.05) is 28.4 Å². The summed E-state index contributed by atoms with van der Waals surface area (Å²) in [6, 6.07) is -0.957. The van der Waals surface area contributed by atoms with Crippen LogP contribution in [0.4, 0.5) is 0 Å². The van der Waals surface area contributed by atoms with E-state index in [0.717, 1.165) is 0 Å². The zero-order chi connectivity index (χ0) is 14.2. The lowest BCUT2D eigenvalue weighted by Crippen LogP contribution is -2.63. The summed E-state index contributed by atoms with van der Waals surface area (Å²) < 4.78 is 20.4. The molecule has 2 unspecified atom stereocenters. The summed E-state index contributed by atoms with van der Waals surface area (Å²) in [5.74, 6) is -1.86. The Kier molecular flexibility index (Phi) is 6.57. The third-order valence-electron chi connectivity index (χ3n) is 2.58. The normalized spacial score (nSPS) is 16.1. The molecule has 0 amide bonds. The predicted molar refractivity (Wildman–Crippen MR) is 59.2 cm³/mol. The Balaban J connectivity index is 5.99. The van der Waals surface area contributed by atoms with Crippen LogP contribution in [0.25, 0.3) is 0 Å².